The van der Waals surface area contributed by atoms with Crippen LogP contribution in [0.4, 0.5) is 0 Å². The van der Waals surface area contributed by atoms with Crippen LogP contribution in [0, 0.1) is 12.8 Å². The van der Waals surface area contributed by atoms with E-state index in [0.29, 0.717) is 23.9 Å². The number of para-hydroxylation sites is 1. The number of aryl methyl sites for hydroxylation is 1. The molecule has 4 rings (SSSR count). The normalized spacial score (nSPS) is 19.7. The highest BCUT2D eigenvalue weighted by Gasteiger charge is 2.24. The van der Waals surface area contributed by atoms with Crippen LogP contribution in [0.15, 0.2) is 47.1 Å². The first-order valence-corrected chi connectivity index (χ1v) is 9.41. The van der Waals surface area contributed by atoms with Gasteiger partial charge in [0.25, 0.3) is 5.91 Å². The van der Waals surface area contributed by atoms with Gasteiger partial charge in [0, 0.05) is 24.2 Å². The molecule has 0 bridgehead atoms. The average molecular weight is 365 g/mol. The molecular formula is C21H23N3O3. The number of carbonyl (C=O) groups is 1. The lowest BCUT2D eigenvalue weighted by molar-refractivity contribution is 0.0920. The number of nitrogens with one attached hydrogen (secondary N) is 1. The molecule has 1 N–H and O–H groups in total. The van der Waals surface area contributed by atoms with Gasteiger partial charge in [0.1, 0.15) is 11.5 Å². The quantitative estimate of drug-likeness (QED) is 0.742. The molecule has 140 valence electrons. The molecule has 0 radical (unpaired) electrons. The highest BCUT2D eigenvalue weighted by Crippen LogP contribution is 2.30. The zero-order chi connectivity index (χ0) is 18.6. The van der Waals surface area contributed by atoms with Crippen molar-refractivity contribution >= 4 is 16.8 Å². The molecule has 2 heterocycles. The van der Waals surface area contributed by atoms with Crippen molar-refractivity contribution in [3.63, 3.8) is 0 Å². The Balaban J connectivity index is 1.28. The number of amides is 1. The molecule has 27 heavy (non-hydrogen) atoms. The van der Waals surface area contributed by atoms with Crippen LogP contribution in [0.1, 0.15) is 41.9 Å². The Hall–Kier alpha value is -2.89. The first kappa shape index (κ1) is 17.5. The van der Waals surface area contributed by atoms with Gasteiger partial charge in [-0.1, -0.05) is 17.3 Å². The highest BCUT2D eigenvalue weighted by atomic mass is 16.5. The van der Waals surface area contributed by atoms with Crippen molar-refractivity contribution in [3.05, 3.63) is 54.0 Å². The van der Waals surface area contributed by atoms with Gasteiger partial charge in [0.15, 0.2) is 5.69 Å². The van der Waals surface area contributed by atoms with Crippen molar-refractivity contribution in [2.45, 2.75) is 38.7 Å². The summed E-state index contributed by atoms with van der Waals surface area (Å²) in [6.45, 7) is 2.44. The molecule has 0 saturated heterocycles. The highest BCUT2D eigenvalue weighted by molar-refractivity contribution is 5.92. The number of rotatable bonds is 5. The molecule has 0 unspecified atom stereocenters. The Kier molecular flexibility index (Phi) is 5.05. The molecule has 1 aromatic carbocycles. The zero-order valence-corrected chi connectivity index (χ0v) is 15.4. The number of hydrogen-bond acceptors (Lipinski definition) is 5. The summed E-state index contributed by atoms with van der Waals surface area (Å²) in [5.74, 6) is 1.84. The third kappa shape index (κ3) is 4.10. The van der Waals surface area contributed by atoms with E-state index in [1.54, 1.807) is 19.2 Å². The minimum absolute atomic E-state index is 0.173. The van der Waals surface area contributed by atoms with Crippen LogP contribution in [-0.4, -0.2) is 28.7 Å². The second kappa shape index (κ2) is 7.78. The van der Waals surface area contributed by atoms with E-state index < -0.39 is 0 Å². The van der Waals surface area contributed by atoms with Gasteiger partial charge in [-0.05, 0) is 56.7 Å². The minimum atomic E-state index is -0.173. The summed E-state index contributed by atoms with van der Waals surface area (Å²) in [5, 5.41) is 7.76. The maximum Gasteiger partial charge on any atom is 0.273 e. The lowest BCUT2D eigenvalue weighted by atomic mass is 9.87. The van der Waals surface area contributed by atoms with E-state index in [1.807, 2.05) is 30.3 Å². The van der Waals surface area contributed by atoms with E-state index in [4.69, 9.17) is 9.26 Å². The van der Waals surface area contributed by atoms with Crippen LogP contribution in [0.2, 0.25) is 0 Å². The molecule has 1 amide bonds. The van der Waals surface area contributed by atoms with E-state index in [0.717, 1.165) is 42.3 Å². The first-order chi connectivity index (χ1) is 13.2. The summed E-state index contributed by atoms with van der Waals surface area (Å²) >= 11 is 0. The Morgan fingerprint density at radius 1 is 1.22 bits per heavy atom. The van der Waals surface area contributed by atoms with Gasteiger partial charge >= 0.3 is 0 Å². The Morgan fingerprint density at radius 2 is 2.04 bits per heavy atom. The van der Waals surface area contributed by atoms with Crippen molar-refractivity contribution in [2.24, 2.45) is 5.92 Å². The fourth-order valence-corrected chi connectivity index (χ4v) is 3.61. The monoisotopic (exact) mass is 365 g/mol. The van der Waals surface area contributed by atoms with Crippen molar-refractivity contribution in [2.75, 3.05) is 6.54 Å². The van der Waals surface area contributed by atoms with Gasteiger partial charge in [0.2, 0.25) is 0 Å². The van der Waals surface area contributed by atoms with E-state index in [2.05, 4.69) is 15.5 Å². The molecule has 1 aliphatic rings. The molecule has 1 aliphatic carbocycles. The van der Waals surface area contributed by atoms with E-state index in [-0.39, 0.29) is 12.0 Å². The van der Waals surface area contributed by atoms with E-state index >= 15 is 0 Å². The van der Waals surface area contributed by atoms with Gasteiger partial charge in [-0.2, -0.15) is 0 Å². The predicted octanol–water partition coefficient (Wildman–Crippen LogP) is 3.90. The third-order valence-electron chi connectivity index (χ3n) is 5.11. The lowest BCUT2D eigenvalue weighted by Gasteiger charge is -2.29. The average Bonchev–Trinajstić information content (AvgIpc) is 3.14. The second-order valence-corrected chi connectivity index (χ2v) is 7.12. The van der Waals surface area contributed by atoms with Crippen molar-refractivity contribution < 1.29 is 14.1 Å². The van der Waals surface area contributed by atoms with Crippen LogP contribution in [0.5, 0.6) is 5.75 Å². The van der Waals surface area contributed by atoms with Gasteiger partial charge in [0.05, 0.1) is 11.6 Å². The van der Waals surface area contributed by atoms with Crippen LogP contribution in [0.25, 0.3) is 10.9 Å². The topological polar surface area (TPSA) is 77.2 Å². The van der Waals surface area contributed by atoms with E-state index in [9.17, 15) is 4.79 Å². The maximum atomic E-state index is 12.1. The number of pyridine rings is 1. The van der Waals surface area contributed by atoms with Crippen LogP contribution < -0.4 is 10.1 Å². The van der Waals surface area contributed by atoms with Gasteiger partial charge in [-0.3, -0.25) is 9.78 Å². The molecule has 1 saturated carbocycles. The fourth-order valence-electron chi connectivity index (χ4n) is 3.61. The third-order valence-corrected chi connectivity index (χ3v) is 5.11. The van der Waals surface area contributed by atoms with Crippen molar-refractivity contribution in [1.29, 1.82) is 0 Å². The van der Waals surface area contributed by atoms with Crippen LogP contribution in [-0.2, 0) is 0 Å². The molecule has 0 aliphatic heterocycles. The van der Waals surface area contributed by atoms with Gasteiger partial charge in [-0.25, -0.2) is 0 Å². The standard InChI is InChI=1S/C21H23N3O3/c1-14-12-19(24-27-14)21(25)23-13-15-6-8-16(9-7-15)26-20-10-11-22-18-5-3-2-4-17(18)20/h2-5,10-12,15-16H,6-9,13H2,1H3,(H,23,25)/t15-,16-. The summed E-state index contributed by atoms with van der Waals surface area (Å²) < 4.78 is 11.2. The number of nitrogens with zero attached hydrogens (tertiary/aromatic N) is 2. The molecule has 3 aromatic rings. The second-order valence-electron chi connectivity index (χ2n) is 7.12. The predicted molar refractivity (Wildman–Crippen MR) is 102 cm³/mol. The Bertz CT molecular complexity index is 924. The van der Waals surface area contributed by atoms with Gasteiger partial charge < -0.3 is 14.6 Å². The molecular weight excluding hydrogens is 342 g/mol. The number of ether oxygens (including phenoxy) is 1. The van der Waals surface area contributed by atoms with Crippen molar-refractivity contribution in [3.8, 4) is 5.75 Å². The van der Waals surface area contributed by atoms with Crippen molar-refractivity contribution in [1.82, 2.24) is 15.5 Å². The minimum Gasteiger partial charge on any atom is -0.490 e. The van der Waals surface area contributed by atoms with E-state index in [1.165, 1.54) is 0 Å². The summed E-state index contributed by atoms with van der Waals surface area (Å²) in [5.41, 5.74) is 1.29. The zero-order valence-electron chi connectivity index (χ0n) is 15.4. The number of benzene rings is 1. The summed E-state index contributed by atoms with van der Waals surface area (Å²) in [6, 6.07) is 11.6. The molecule has 2 aromatic heterocycles. The number of carbonyl (C=O) groups excluding carboxylic acids is 1. The lowest BCUT2D eigenvalue weighted by Crippen LogP contribution is -2.33. The molecule has 1 fully saturated rings. The van der Waals surface area contributed by atoms with Crippen LogP contribution >= 0.6 is 0 Å². The summed E-state index contributed by atoms with van der Waals surface area (Å²) in [4.78, 5) is 16.4. The first-order valence-electron chi connectivity index (χ1n) is 9.41. The Labute approximate surface area is 157 Å². The number of hydrogen-bond donors (Lipinski definition) is 1. The molecule has 6 heteroatoms. The smallest absolute Gasteiger partial charge is 0.273 e. The molecule has 6 nitrogen and oxygen atoms in total. The number of fused-ring (bicyclic) bond motifs is 1. The SMILES string of the molecule is Cc1cc(C(=O)NC[C@H]2CC[C@H](Oc3ccnc4ccccc34)CC2)no1. The molecule has 0 atom stereocenters. The van der Waals surface area contributed by atoms with Crippen LogP contribution in [0.3, 0.4) is 0 Å². The maximum absolute atomic E-state index is 12.1. The number of aromatic nitrogens is 2. The fraction of sp³-hybridized carbons (Fsp3) is 0.381. The Morgan fingerprint density at radius 3 is 2.81 bits per heavy atom. The summed E-state index contributed by atoms with van der Waals surface area (Å²) in [7, 11) is 0. The summed E-state index contributed by atoms with van der Waals surface area (Å²) in [6.07, 6.45) is 6.05. The molecule has 0 spiro atoms. The largest absolute Gasteiger partial charge is 0.490 e. The van der Waals surface area contributed by atoms with Gasteiger partial charge in [-0.15, -0.1) is 0 Å².